The third kappa shape index (κ3) is 8.13. The highest BCUT2D eigenvalue weighted by atomic mass is 19.1. The summed E-state index contributed by atoms with van der Waals surface area (Å²) in [5.41, 5.74) is 11.1. The predicted octanol–water partition coefficient (Wildman–Crippen LogP) is 5.39. The SMILES string of the molecule is CCCC(C)=O.CCCc1c(N2CC(CN)C2)ccnc1C.CCc1cc(F)c2nn(C)cc2c1. The summed E-state index contributed by atoms with van der Waals surface area (Å²) < 4.78 is 15.0. The number of halogens is 1. The van der Waals surface area contributed by atoms with Gasteiger partial charge in [0.1, 0.15) is 11.3 Å². The van der Waals surface area contributed by atoms with Crippen molar-refractivity contribution in [3.05, 3.63) is 53.2 Å². The van der Waals surface area contributed by atoms with Gasteiger partial charge in [0.2, 0.25) is 0 Å². The first-order valence-corrected chi connectivity index (χ1v) is 12.7. The summed E-state index contributed by atoms with van der Waals surface area (Å²) in [4.78, 5) is 16.9. The van der Waals surface area contributed by atoms with Gasteiger partial charge in [0.05, 0.1) is 0 Å². The number of nitrogens with zero attached hydrogens (tertiary/aromatic N) is 4. The number of anilines is 1. The van der Waals surface area contributed by atoms with Gasteiger partial charge in [-0.25, -0.2) is 4.39 Å². The largest absolute Gasteiger partial charge is 0.370 e. The zero-order chi connectivity index (χ0) is 26.0. The molecule has 35 heavy (non-hydrogen) atoms. The maximum Gasteiger partial charge on any atom is 0.151 e. The maximum atomic E-state index is 13.4. The van der Waals surface area contributed by atoms with E-state index in [2.05, 4.69) is 34.9 Å². The smallest absolute Gasteiger partial charge is 0.151 e. The molecule has 0 atom stereocenters. The molecule has 0 amide bonds. The Morgan fingerprint density at radius 1 is 1.20 bits per heavy atom. The second-order valence-electron chi connectivity index (χ2n) is 9.27. The van der Waals surface area contributed by atoms with Crippen LogP contribution in [-0.2, 0) is 24.7 Å². The zero-order valence-corrected chi connectivity index (χ0v) is 22.3. The first kappa shape index (κ1) is 28.4. The lowest BCUT2D eigenvalue weighted by molar-refractivity contribution is -0.117. The minimum absolute atomic E-state index is 0.227. The van der Waals surface area contributed by atoms with E-state index in [1.807, 2.05) is 32.3 Å². The standard InChI is InChI=1S/C13H21N3.C10H11FN2.C5H10O/c1-3-4-12-10(2)15-6-5-13(12)16-8-11(7-14)9-16;1-3-7-4-8-6-13(2)12-10(8)9(11)5-7;1-3-4-5(2)6/h5-6,11H,3-4,7-9,14H2,1-2H3;4-6H,3H2,1-2H3;3-4H2,1-2H3. The lowest BCUT2D eigenvalue weighted by atomic mass is 9.97. The Bertz CT molecular complexity index is 1090. The highest BCUT2D eigenvalue weighted by molar-refractivity contribution is 5.79. The van der Waals surface area contributed by atoms with E-state index in [9.17, 15) is 9.18 Å². The van der Waals surface area contributed by atoms with Crippen LogP contribution in [0.25, 0.3) is 10.9 Å². The number of ketones is 1. The lowest BCUT2D eigenvalue weighted by Crippen LogP contribution is -2.50. The van der Waals surface area contributed by atoms with Crippen molar-refractivity contribution in [2.45, 2.75) is 66.7 Å². The Morgan fingerprint density at radius 3 is 2.46 bits per heavy atom. The Morgan fingerprint density at radius 2 is 1.91 bits per heavy atom. The van der Waals surface area contributed by atoms with E-state index in [1.165, 1.54) is 23.4 Å². The molecule has 0 saturated carbocycles. The molecule has 1 fully saturated rings. The van der Waals surface area contributed by atoms with Gasteiger partial charge in [0, 0.05) is 61.6 Å². The number of pyridine rings is 1. The van der Waals surface area contributed by atoms with Crippen LogP contribution in [0.2, 0.25) is 0 Å². The molecule has 2 aromatic heterocycles. The highest BCUT2D eigenvalue weighted by Gasteiger charge is 2.27. The molecule has 0 unspecified atom stereocenters. The average molecular weight is 484 g/mol. The van der Waals surface area contributed by atoms with Crippen LogP contribution in [0.3, 0.4) is 0 Å². The molecule has 0 spiro atoms. The summed E-state index contributed by atoms with van der Waals surface area (Å²) in [5.74, 6) is 0.746. The summed E-state index contributed by atoms with van der Waals surface area (Å²) in [6, 6.07) is 5.67. The van der Waals surface area contributed by atoms with Gasteiger partial charge in [0.25, 0.3) is 0 Å². The fourth-order valence-electron chi connectivity index (χ4n) is 4.18. The van der Waals surface area contributed by atoms with Crippen LogP contribution in [0, 0.1) is 18.7 Å². The Kier molecular flexibility index (Phi) is 11.3. The second kappa shape index (κ2) is 13.9. The van der Waals surface area contributed by atoms with E-state index >= 15 is 0 Å². The molecule has 3 heterocycles. The van der Waals surface area contributed by atoms with Gasteiger partial charge < -0.3 is 15.4 Å². The van der Waals surface area contributed by atoms with Crippen LogP contribution in [-0.4, -0.2) is 40.2 Å². The minimum atomic E-state index is -0.227. The average Bonchev–Trinajstić information content (AvgIpc) is 3.17. The molecular weight excluding hydrogens is 441 g/mol. The number of fused-ring (bicyclic) bond motifs is 1. The molecule has 1 saturated heterocycles. The number of Topliss-reactive ketones (excluding diaryl/α,β-unsaturated/α-hetero) is 1. The third-order valence-electron chi connectivity index (χ3n) is 6.12. The van der Waals surface area contributed by atoms with Gasteiger partial charge in [-0.05, 0) is 69.0 Å². The van der Waals surface area contributed by atoms with Crippen LogP contribution in [0.5, 0.6) is 0 Å². The molecule has 3 aromatic rings. The molecule has 7 heteroatoms. The van der Waals surface area contributed by atoms with Crippen molar-refractivity contribution in [3.63, 3.8) is 0 Å². The summed E-state index contributed by atoms with van der Waals surface area (Å²) in [6.07, 6.45) is 8.61. The van der Waals surface area contributed by atoms with E-state index in [0.717, 1.165) is 56.3 Å². The minimum Gasteiger partial charge on any atom is -0.370 e. The topological polar surface area (TPSA) is 77.0 Å². The number of rotatable bonds is 7. The molecular formula is C28H42FN5O. The Labute approximate surface area is 209 Å². The lowest BCUT2D eigenvalue weighted by Gasteiger charge is -2.41. The summed E-state index contributed by atoms with van der Waals surface area (Å²) >= 11 is 0. The van der Waals surface area contributed by atoms with Crippen molar-refractivity contribution >= 4 is 22.4 Å². The van der Waals surface area contributed by atoms with Crippen LogP contribution < -0.4 is 10.6 Å². The fourth-order valence-corrected chi connectivity index (χ4v) is 4.18. The number of hydrogen-bond donors (Lipinski definition) is 1. The normalized spacial score (nSPS) is 13.0. The van der Waals surface area contributed by atoms with E-state index in [4.69, 9.17) is 5.73 Å². The molecule has 0 radical (unpaired) electrons. The van der Waals surface area contributed by atoms with Gasteiger partial charge in [-0.3, -0.25) is 9.67 Å². The van der Waals surface area contributed by atoms with Gasteiger partial charge in [-0.1, -0.05) is 27.2 Å². The Balaban J connectivity index is 0.000000204. The van der Waals surface area contributed by atoms with Gasteiger partial charge in [0.15, 0.2) is 5.82 Å². The number of carbonyl (C=O) groups is 1. The first-order chi connectivity index (χ1) is 16.7. The van der Waals surface area contributed by atoms with Crippen molar-refractivity contribution in [2.24, 2.45) is 18.7 Å². The van der Waals surface area contributed by atoms with Crippen molar-refractivity contribution < 1.29 is 9.18 Å². The number of aromatic nitrogens is 3. The van der Waals surface area contributed by atoms with Crippen LogP contribution >= 0.6 is 0 Å². The van der Waals surface area contributed by atoms with Gasteiger partial charge in [-0.15, -0.1) is 0 Å². The van der Waals surface area contributed by atoms with Gasteiger partial charge >= 0.3 is 0 Å². The molecule has 192 valence electrons. The fraction of sp³-hybridized carbons (Fsp3) is 0.536. The first-order valence-electron chi connectivity index (χ1n) is 12.7. The maximum absolute atomic E-state index is 13.4. The van der Waals surface area contributed by atoms with Crippen molar-refractivity contribution in [1.82, 2.24) is 14.8 Å². The molecule has 1 aliphatic rings. The van der Waals surface area contributed by atoms with Gasteiger partial charge in [-0.2, -0.15) is 5.10 Å². The monoisotopic (exact) mass is 483 g/mol. The van der Waals surface area contributed by atoms with Crippen LogP contribution in [0.15, 0.2) is 30.6 Å². The summed E-state index contributed by atoms with van der Waals surface area (Å²) in [5, 5.41) is 4.90. The quantitative estimate of drug-likeness (QED) is 0.488. The summed E-state index contributed by atoms with van der Waals surface area (Å²) in [6.45, 7) is 13.0. The zero-order valence-electron chi connectivity index (χ0n) is 22.3. The van der Waals surface area contributed by atoms with Crippen molar-refractivity contribution in [1.29, 1.82) is 0 Å². The predicted molar refractivity (Wildman–Crippen MR) is 143 cm³/mol. The summed E-state index contributed by atoms with van der Waals surface area (Å²) in [7, 11) is 1.80. The third-order valence-corrected chi connectivity index (χ3v) is 6.12. The number of nitrogens with two attached hydrogens (primary N) is 1. The Hall–Kier alpha value is -2.80. The van der Waals surface area contributed by atoms with Crippen molar-refractivity contribution in [2.75, 3.05) is 24.5 Å². The molecule has 1 aromatic carbocycles. The van der Waals surface area contributed by atoms with Crippen LogP contribution in [0.4, 0.5) is 10.1 Å². The highest BCUT2D eigenvalue weighted by Crippen LogP contribution is 2.29. The second-order valence-corrected chi connectivity index (χ2v) is 9.27. The van der Waals surface area contributed by atoms with E-state index in [-0.39, 0.29) is 11.6 Å². The number of benzene rings is 1. The molecule has 2 N–H and O–H groups in total. The number of aryl methyl sites for hydroxylation is 3. The molecule has 4 rings (SSSR count). The van der Waals surface area contributed by atoms with E-state index < -0.39 is 0 Å². The molecule has 0 bridgehead atoms. The molecule has 0 aliphatic carbocycles. The van der Waals surface area contributed by atoms with E-state index in [0.29, 0.717) is 11.4 Å². The van der Waals surface area contributed by atoms with Crippen molar-refractivity contribution in [3.8, 4) is 0 Å². The molecule has 1 aliphatic heterocycles. The van der Waals surface area contributed by atoms with Crippen LogP contribution in [0.1, 0.15) is 63.8 Å². The van der Waals surface area contributed by atoms with E-state index in [1.54, 1.807) is 24.7 Å². The number of hydrogen-bond acceptors (Lipinski definition) is 5. The molecule has 6 nitrogen and oxygen atoms in total. The number of carbonyl (C=O) groups excluding carboxylic acids is 1.